The minimum absolute atomic E-state index is 0.0549. The molecule has 1 aromatic heterocycles. The van der Waals surface area contributed by atoms with Crippen LogP contribution in [0.1, 0.15) is 5.69 Å². The largest absolute Gasteiger partial charge is 0.497 e. The van der Waals surface area contributed by atoms with E-state index in [2.05, 4.69) is 5.32 Å². The Hall–Kier alpha value is -2.76. The van der Waals surface area contributed by atoms with Crippen molar-refractivity contribution >= 4 is 11.6 Å². The molecule has 2 rings (SSSR count). The molecule has 0 spiro atoms. The molecule has 6 heteroatoms. The van der Waals surface area contributed by atoms with Crippen molar-refractivity contribution in [3.05, 3.63) is 52.4 Å². The van der Waals surface area contributed by atoms with Crippen molar-refractivity contribution in [2.75, 3.05) is 19.5 Å². The Morgan fingerprint density at radius 1 is 1.18 bits per heavy atom. The van der Waals surface area contributed by atoms with Crippen LogP contribution in [0, 0.1) is 6.92 Å². The smallest absolute Gasteiger partial charge is 0.251 e. The monoisotopic (exact) mass is 302 g/mol. The van der Waals surface area contributed by atoms with Crippen LogP contribution in [-0.2, 0) is 11.3 Å². The van der Waals surface area contributed by atoms with E-state index in [0.29, 0.717) is 17.2 Å². The van der Waals surface area contributed by atoms with Gasteiger partial charge in [0.25, 0.3) is 5.56 Å². The summed E-state index contributed by atoms with van der Waals surface area (Å²) in [4.78, 5) is 23.9. The molecule has 0 unspecified atom stereocenters. The number of anilines is 1. The molecule has 0 bridgehead atoms. The highest BCUT2D eigenvalue weighted by molar-refractivity contribution is 5.92. The van der Waals surface area contributed by atoms with Gasteiger partial charge in [0.2, 0.25) is 5.91 Å². The van der Waals surface area contributed by atoms with Gasteiger partial charge in [-0.25, -0.2) is 0 Å². The first-order valence-corrected chi connectivity index (χ1v) is 6.73. The molecule has 1 heterocycles. The highest BCUT2D eigenvalue weighted by Crippen LogP contribution is 2.28. The van der Waals surface area contributed by atoms with E-state index in [1.807, 2.05) is 0 Å². The van der Waals surface area contributed by atoms with Gasteiger partial charge in [0.1, 0.15) is 18.0 Å². The van der Waals surface area contributed by atoms with Crippen molar-refractivity contribution in [3.8, 4) is 11.5 Å². The van der Waals surface area contributed by atoms with E-state index < -0.39 is 0 Å². The van der Waals surface area contributed by atoms with Crippen molar-refractivity contribution in [1.29, 1.82) is 0 Å². The molecule has 0 aliphatic heterocycles. The van der Waals surface area contributed by atoms with E-state index in [-0.39, 0.29) is 18.0 Å². The van der Waals surface area contributed by atoms with Gasteiger partial charge in [-0.1, -0.05) is 6.07 Å². The lowest BCUT2D eigenvalue weighted by atomic mass is 10.2. The van der Waals surface area contributed by atoms with Gasteiger partial charge in [0, 0.05) is 17.8 Å². The van der Waals surface area contributed by atoms with Crippen LogP contribution < -0.4 is 20.3 Å². The normalized spacial score (nSPS) is 10.1. The van der Waals surface area contributed by atoms with Crippen molar-refractivity contribution in [1.82, 2.24) is 4.57 Å². The lowest BCUT2D eigenvalue weighted by Crippen LogP contribution is -2.28. The second-order valence-electron chi connectivity index (χ2n) is 4.71. The van der Waals surface area contributed by atoms with Crippen LogP contribution in [0.5, 0.6) is 11.5 Å². The first-order chi connectivity index (χ1) is 10.5. The number of amides is 1. The number of nitrogens with one attached hydrogen (secondary N) is 1. The summed E-state index contributed by atoms with van der Waals surface area (Å²) in [7, 11) is 3.06. The van der Waals surface area contributed by atoms with Gasteiger partial charge in [-0.05, 0) is 25.1 Å². The summed E-state index contributed by atoms with van der Waals surface area (Å²) in [6.07, 6.45) is 0. The Morgan fingerprint density at radius 2 is 1.95 bits per heavy atom. The molecule has 0 aliphatic rings. The van der Waals surface area contributed by atoms with Crippen molar-refractivity contribution < 1.29 is 14.3 Å². The number of pyridine rings is 1. The van der Waals surface area contributed by atoms with Gasteiger partial charge in [-0.3, -0.25) is 9.59 Å². The molecule has 0 atom stereocenters. The van der Waals surface area contributed by atoms with Crippen LogP contribution in [0.25, 0.3) is 0 Å². The average Bonchev–Trinajstić information content (AvgIpc) is 2.51. The molecular weight excluding hydrogens is 284 g/mol. The molecule has 0 saturated carbocycles. The second kappa shape index (κ2) is 6.80. The first kappa shape index (κ1) is 15.6. The van der Waals surface area contributed by atoms with Gasteiger partial charge < -0.3 is 19.4 Å². The predicted molar refractivity (Wildman–Crippen MR) is 83.6 cm³/mol. The molecule has 6 nitrogen and oxygen atoms in total. The molecule has 1 N–H and O–H groups in total. The lowest BCUT2D eigenvalue weighted by Gasteiger charge is -2.13. The van der Waals surface area contributed by atoms with Crippen LogP contribution in [0.4, 0.5) is 5.69 Å². The average molecular weight is 302 g/mol. The van der Waals surface area contributed by atoms with Crippen LogP contribution in [0.3, 0.4) is 0 Å². The zero-order valence-corrected chi connectivity index (χ0v) is 12.8. The summed E-state index contributed by atoms with van der Waals surface area (Å²) in [5.74, 6) is 0.815. The zero-order chi connectivity index (χ0) is 16.1. The van der Waals surface area contributed by atoms with E-state index in [0.717, 1.165) is 5.69 Å². The quantitative estimate of drug-likeness (QED) is 0.914. The van der Waals surface area contributed by atoms with E-state index >= 15 is 0 Å². The maximum Gasteiger partial charge on any atom is 0.251 e. The number of aromatic nitrogens is 1. The van der Waals surface area contributed by atoms with E-state index in [4.69, 9.17) is 9.47 Å². The summed E-state index contributed by atoms with van der Waals surface area (Å²) in [5, 5.41) is 2.74. The molecule has 1 amide bonds. The highest BCUT2D eigenvalue weighted by Gasteiger charge is 2.11. The SMILES string of the molecule is COc1ccc(NC(=O)Cn2c(C)cccc2=O)c(OC)c1. The zero-order valence-electron chi connectivity index (χ0n) is 12.8. The fourth-order valence-corrected chi connectivity index (χ4v) is 2.06. The number of methoxy groups -OCH3 is 2. The van der Waals surface area contributed by atoms with Crippen molar-refractivity contribution in [3.63, 3.8) is 0 Å². The number of carbonyl (C=O) groups is 1. The van der Waals surface area contributed by atoms with Gasteiger partial charge in [0.05, 0.1) is 19.9 Å². The summed E-state index contributed by atoms with van der Waals surface area (Å²) in [6, 6.07) is 9.96. The molecule has 0 saturated heterocycles. The summed E-state index contributed by atoms with van der Waals surface area (Å²) in [5.41, 5.74) is 1.04. The molecule has 22 heavy (non-hydrogen) atoms. The number of ether oxygens (including phenoxy) is 2. The number of rotatable bonds is 5. The van der Waals surface area contributed by atoms with Crippen LogP contribution in [0.15, 0.2) is 41.2 Å². The number of benzene rings is 1. The molecular formula is C16H18N2O4. The molecule has 1 aromatic carbocycles. The van der Waals surface area contributed by atoms with Gasteiger partial charge in [-0.2, -0.15) is 0 Å². The number of nitrogens with zero attached hydrogens (tertiary/aromatic N) is 1. The predicted octanol–water partition coefficient (Wildman–Crippen LogP) is 1.81. The fourth-order valence-electron chi connectivity index (χ4n) is 2.06. The molecule has 116 valence electrons. The van der Waals surface area contributed by atoms with Gasteiger partial charge >= 0.3 is 0 Å². The Labute approximate surface area is 128 Å². The first-order valence-electron chi connectivity index (χ1n) is 6.73. The third-order valence-electron chi connectivity index (χ3n) is 3.25. The number of aryl methyl sites for hydroxylation is 1. The van der Waals surface area contributed by atoms with Crippen LogP contribution >= 0.6 is 0 Å². The van der Waals surface area contributed by atoms with E-state index in [9.17, 15) is 9.59 Å². The van der Waals surface area contributed by atoms with Crippen LogP contribution in [0.2, 0.25) is 0 Å². The van der Waals surface area contributed by atoms with Crippen molar-refractivity contribution in [2.24, 2.45) is 0 Å². The molecule has 0 fully saturated rings. The third-order valence-corrected chi connectivity index (χ3v) is 3.25. The Balaban J connectivity index is 2.17. The fraction of sp³-hybridized carbons (Fsp3) is 0.250. The maximum atomic E-state index is 12.2. The Morgan fingerprint density at radius 3 is 2.59 bits per heavy atom. The highest BCUT2D eigenvalue weighted by atomic mass is 16.5. The third kappa shape index (κ3) is 3.46. The van der Waals surface area contributed by atoms with Gasteiger partial charge in [0.15, 0.2) is 0 Å². The molecule has 2 aromatic rings. The minimum atomic E-state index is -0.306. The van der Waals surface area contributed by atoms with E-state index in [1.54, 1.807) is 44.4 Å². The van der Waals surface area contributed by atoms with Gasteiger partial charge in [-0.15, -0.1) is 0 Å². The Bertz CT molecular complexity index is 737. The standard InChI is InChI=1S/C16H18N2O4/c1-11-5-4-6-16(20)18(11)10-15(19)17-13-8-7-12(21-2)9-14(13)22-3/h4-9H,10H2,1-3H3,(H,17,19). The topological polar surface area (TPSA) is 69.6 Å². The summed E-state index contributed by atoms with van der Waals surface area (Å²) in [6.45, 7) is 1.73. The summed E-state index contributed by atoms with van der Waals surface area (Å²) < 4.78 is 11.7. The molecule has 0 aliphatic carbocycles. The number of hydrogen-bond acceptors (Lipinski definition) is 4. The van der Waals surface area contributed by atoms with Crippen molar-refractivity contribution in [2.45, 2.75) is 13.5 Å². The Kier molecular flexibility index (Phi) is 4.83. The minimum Gasteiger partial charge on any atom is -0.497 e. The number of hydrogen-bond donors (Lipinski definition) is 1. The summed E-state index contributed by atoms with van der Waals surface area (Å²) >= 11 is 0. The number of carbonyl (C=O) groups excluding carboxylic acids is 1. The lowest BCUT2D eigenvalue weighted by molar-refractivity contribution is -0.116. The maximum absolute atomic E-state index is 12.2. The molecule has 0 radical (unpaired) electrons. The second-order valence-corrected chi connectivity index (χ2v) is 4.71. The van der Waals surface area contributed by atoms with E-state index in [1.165, 1.54) is 17.7 Å². The van der Waals surface area contributed by atoms with Crippen LogP contribution in [-0.4, -0.2) is 24.7 Å².